The molecule has 0 radical (unpaired) electrons. The molecule has 0 saturated heterocycles. The lowest BCUT2D eigenvalue weighted by molar-refractivity contribution is 0.302. The average molecular weight is 398 g/mol. The topological polar surface area (TPSA) is 68.2 Å². The fraction of sp³-hybridized carbons (Fsp3) is 0.333. The maximum atomic E-state index is 15.1. The van der Waals surface area contributed by atoms with Crippen molar-refractivity contribution in [2.24, 2.45) is 5.73 Å². The monoisotopic (exact) mass is 397 g/mol. The van der Waals surface area contributed by atoms with Crippen molar-refractivity contribution in [2.45, 2.75) is 39.0 Å². The Morgan fingerprint density at radius 1 is 1.30 bits per heavy atom. The van der Waals surface area contributed by atoms with Crippen molar-refractivity contribution in [2.75, 3.05) is 5.32 Å². The van der Waals surface area contributed by atoms with Gasteiger partial charge >= 0.3 is 0 Å². The van der Waals surface area contributed by atoms with Gasteiger partial charge in [-0.25, -0.2) is 17.7 Å². The quantitative estimate of drug-likeness (QED) is 0.663. The van der Waals surface area contributed by atoms with Crippen LogP contribution in [0, 0.1) is 18.6 Å². The van der Waals surface area contributed by atoms with Gasteiger partial charge in [0.15, 0.2) is 11.6 Å². The Hall–Kier alpha value is -2.32. The minimum absolute atomic E-state index is 0.00304. The van der Waals surface area contributed by atoms with E-state index in [-0.39, 0.29) is 35.1 Å². The van der Waals surface area contributed by atoms with Crippen molar-refractivity contribution >= 4 is 22.9 Å². The summed E-state index contributed by atoms with van der Waals surface area (Å²) >= 11 is 5.96. The third-order valence-corrected chi connectivity index (χ3v) is 4.64. The molecule has 0 fully saturated rings. The highest BCUT2D eigenvalue weighted by Crippen LogP contribution is 2.28. The molecule has 0 aliphatic heterocycles. The van der Waals surface area contributed by atoms with Crippen molar-refractivity contribution in [1.82, 2.24) is 14.6 Å². The van der Waals surface area contributed by atoms with E-state index in [9.17, 15) is 8.78 Å². The van der Waals surface area contributed by atoms with Gasteiger partial charge in [0.2, 0.25) is 5.28 Å². The number of hydrogen-bond acceptors (Lipinski definition) is 4. The van der Waals surface area contributed by atoms with Crippen LogP contribution in [-0.2, 0) is 13.0 Å². The van der Waals surface area contributed by atoms with Crippen LogP contribution in [0.2, 0.25) is 5.28 Å². The molecule has 0 bridgehead atoms. The number of nitrogens with two attached hydrogens (primary N) is 1. The van der Waals surface area contributed by atoms with Gasteiger partial charge in [-0.15, -0.1) is 5.10 Å². The zero-order chi connectivity index (χ0) is 19.7. The second kappa shape index (κ2) is 7.74. The van der Waals surface area contributed by atoms with Gasteiger partial charge < -0.3 is 11.1 Å². The first-order valence-electron chi connectivity index (χ1n) is 8.39. The molecule has 144 valence electrons. The van der Waals surface area contributed by atoms with E-state index < -0.39 is 23.8 Å². The summed E-state index contributed by atoms with van der Waals surface area (Å²) in [5.41, 5.74) is 6.91. The highest BCUT2D eigenvalue weighted by Gasteiger charge is 2.24. The Morgan fingerprint density at radius 2 is 2.00 bits per heavy atom. The smallest absolute Gasteiger partial charge is 0.243 e. The van der Waals surface area contributed by atoms with E-state index in [1.165, 1.54) is 17.5 Å². The summed E-state index contributed by atoms with van der Waals surface area (Å²) in [4.78, 5) is 4.03. The summed E-state index contributed by atoms with van der Waals surface area (Å²) < 4.78 is 43.6. The van der Waals surface area contributed by atoms with E-state index in [2.05, 4.69) is 15.4 Å². The van der Waals surface area contributed by atoms with Crippen molar-refractivity contribution in [3.63, 3.8) is 0 Å². The third kappa shape index (κ3) is 3.86. The zero-order valence-electron chi connectivity index (χ0n) is 14.8. The van der Waals surface area contributed by atoms with Gasteiger partial charge in [0.05, 0.1) is 0 Å². The average Bonchev–Trinajstić information content (AvgIpc) is 2.85. The number of anilines is 1. The van der Waals surface area contributed by atoms with E-state index >= 15 is 4.39 Å². The number of halogens is 4. The maximum Gasteiger partial charge on any atom is 0.243 e. The molecule has 0 aliphatic carbocycles. The number of aromatic nitrogens is 3. The van der Waals surface area contributed by atoms with Crippen LogP contribution >= 0.6 is 11.6 Å². The highest BCUT2D eigenvalue weighted by atomic mass is 35.5. The van der Waals surface area contributed by atoms with E-state index in [0.29, 0.717) is 11.3 Å². The van der Waals surface area contributed by atoms with Crippen molar-refractivity contribution < 1.29 is 13.2 Å². The lowest BCUT2D eigenvalue weighted by Crippen LogP contribution is -2.32. The second-order valence-corrected chi connectivity index (χ2v) is 6.70. The molecule has 5 nitrogen and oxygen atoms in total. The van der Waals surface area contributed by atoms with Crippen LogP contribution in [0.3, 0.4) is 0 Å². The van der Waals surface area contributed by atoms with E-state index in [4.69, 9.17) is 17.3 Å². The Morgan fingerprint density at radius 3 is 2.67 bits per heavy atom. The number of rotatable bonds is 6. The minimum Gasteiger partial charge on any atom is -0.364 e. The molecule has 2 aromatic heterocycles. The first-order valence-corrected chi connectivity index (χ1v) is 8.77. The van der Waals surface area contributed by atoms with Gasteiger partial charge in [-0.3, -0.25) is 0 Å². The summed E-state index contributed by atoms with van der Waals surface area (Å²) in [7, 11) is 0. The molecule has 2 atom stereocenters. The first-order chi connectivity index (χ1) is 12.8. The van der Waals surface area contributed by atoms with Gasteiger partial charge in [0.1, 0.15) is 17.5 Å². The van der Waals surface area contributed by atoms with E-state index in [1.807, 2.05) is 0 Å². The second-order valence-electron chi connectivity index (χ2n) is 6.36. The summed E-state index contributed by atoms with van der Waals surface area (Å²) in [5.74, 6) is -0.875. The zero-order valence-corrected chi connectivity index (χ0v) is 15.6. The number of benzene rings is 1. The largest absolute Gasteiger partial charge is 0.364 e. The molecule has 0 aliphatic rings. The summed E-state index contributed by atoms with van der Waals surface area (Å²) in [5, 5.41) is 6.82. The molecule has 1 aromatic carbocycles. The number of aryl methyl sites for hydroxylation is 1. The molecule has 3 N–H and O–H groups in total. The molecule has 9 heteroatoms. The van der Waals surface area contributed by atoms with Gasteiger partial charge in [-0.1, -0.05) is 18.2 Å². The van der Waals surface area contributed by atoms with E-state index in [0.717, 1.165) is 0 Å². The summed E-state index contributed by atoms with van der Waals surface area (Å²) in [6, 6.07) is 5.36. The van der Waals surface area contributed by atoms with Gasteiger partial charge in [-0.2, -0.15) is 4.98 Å². The molecular formula is C18H19ClF3N5. The molecular weight excluding hydrogens is 379 g/mol. The Bertz CT molecular complexity index is 973. The predicted octanol–water partition coefficient (Wildman–Crippen LogP) is 3.81. The van der Waals surface area contributed by atoms with Crippen LogP contribution in [0.5, 0.6) is 0 Å². The van der Waals surface area contributed by atoms with Crippen LogP contribution in [0.1, 0.15) is 23.7 Å². The SMILES string of the molecule is Cc1c(C[C@@H](N)[C@H](C)F)c(F)c2c(NCc3ccccc3F)nc(Cl)nn12. The minimum atomic E-state index is -1.29. The molecule has 2 heterocycles. The Labute approximate surface area is 159 Å². The van der Waals surface area contributed by atoms with Crippen LogP contribution in [0.4, 0.5) is 19.0 Å². The molecule has 0 spiro atoms. The number of nitrogens with one attached hydrogen (secondary N) is 1. The van der Waals surface area contributed by atoms with Crippen LogP contribution in [0.25, 0.3) is 5.52 Å². The van der Waals surface area contributed by atoms with Crippen LogP contribution in [0.15, 0.2) is 24.3 Å². The predicted molar refractivity (Wildman–Crippen MR) is 98.7 cm³/mol. The molecule has 3 aromatic rings. The number of alkyl halides is 1. The van der Waals surface area contributed by atoms with Gasteiger partial charge in [-0.05, 0) is 37.9 Å². The normalized spacial score (nSPS) is 13.7. The Balaban J connectivity index is 2.01. The molecule has 0 saturated carbocycles. The van der Waals surface area contributed by atoms with Gasteiger partial charge in [0, 0.05) is 29.4 Å². The van der Waals surface area contributed by atoms with Crippen molar-refractivity contribution in [1.29, 1.82) is 0 Å². The van der Waals surface area contributed by atoms with Crippen LogP contribution < -0.4 is 11.1 Å². The number of hydrogen-bond donors (Lipinski definition) is 2. The van der Waals surface area contributed by atoms with Gasteiger partial charge in [0.25, 0.3) is 0 Å². The summed E-state index contributed by atoms with van der Waals surface area (Å²) in [6.45, 7) is 3.05. The first kappa shape index (κ1) is 19.4. The molecule has 3 rings (SSSR count). The van der Waals surface area contributed by atoms with E-state index in [1.54, 1.807) is 25.1 Å². The van der Waals surface area contributed by atoms with Crippen molar-refractivity contribution in [3.8, 4) is 0 Å². The fourth-order valence-electron chi connectivity index (χ4n) is 2.85. The van der Waals surface area contributed by atoms with Crippen molar-refractivity contribution in [3.05, 3.63) is 58.0 Å². The molecule has 27 heavy (non-hydrogen) atoms. The van der Waals surface area contributed by atoms with Crippen LogP contribution in [-0.4, -0.2) is 26.8 Å². The number of nitrogens with zero attached hydrogens (tertiary/aromatic N) is 3. The summed E-state index contributed by atoms with van der Waals surface area (Å²) in [6.07, 6.45) is -1.29. The third-order valence-electron chi connectivity index (χ3n) is 4.48. The number of fused-ring (bicyclic) bond motifs is 1. The lowest BCUT2D eigenvalue weighted by atomic mass is 10.0. The maximum absolute atomic E-state index is 15.1. The standard InChI is InChI=1S/C18H19ClF3N5/c1-9(20)14(23)7-12-10(2)27-16(15(12)22)17(25-18(19)26-27)24-8-11-5-3-4-6-13(11)21/h3-6,9,14H,7-8,23H2,1-2H3,(H,24,25,26)/t9-,14+/m0/s1. The molecule has 0 amide bonds. The fourth-order valence-corrected chi connectivity index (χ4v) is 3.01. The lowest BCUT2D eigenvalue weighted by Gasteiger charge is -2.12. The highest BCUT2D eigenvalue weighted by molar-refractivity contribution is 6.28. The molecule has 0 unspecified atom stereocenters. The Kier molecular flexibility index (Phi) is 5.57.